The maximum absolute atomic E-state index is 4.29. The van der Waals surface area contributed by atoms with Crippen LogP contribution in [0.15, 0.2) is 17.8 Å². The first-order valence-corrected chi connectivity index (χ1v) is 4.91. The van der Waals surface area contributed by atoms with Crippen molar-refractivity contribution >= 4 is 11.8 Å². The van der Waals surface area contributed by atoms with Crippen molar-refractivity contribution in [3.05, 3.63) is 18.5 Å². The number of aromatic nitrogens is 3. The summed E-state index contributed by atoms with van der Waals surface area (Å²) < 4.78 is 1.89. The minimum Gasteiger partial charge on any atom is -0.249 e. The maximum Gasteiger partial charge on any atom is 0.208 e. The zero-order valence-electron chi connectivity index (χ0n) is 7.45. The summed E-state index contributed by atoms with van der Waals surface area (Å²) in [6, 6.07) is 0. The van der Waals surface area contributed by atoms with Crippen molar-refractivity contribution in [1.29, 1.82) is 0 Å². The van der Waals surface area contributed by atoms with Crippen LogP contribution in [-0.4, -0.2) is 20.5 Å². The lowest BCUT2D eigenvalue weighted by Crippen LogP contribution is -1.98. The van der Waals surface area contributed by atoms with Crippen molar-refractivity contribution in [2.24, 2.45) is 0 Å². The quantitative estimate of drug-likeness (QED) is 0.527. The zero-order valence-corrected chi connectivity index (χ0v) is 8.27. The number of thioether (sulfide) groups is 1. The SMILES string of the molecule is C=CCSc1nc(C)n(CC)n1. The molecule has 0 N–H and O–H groups in total. The Morgan fingerprint density at radius 2 is 2.42 bits per heavy atom. The number of nitrogens with zero attached hydrogens (tertiary/aromatic N) is 3. The lowest BCUT2D eigenvalue weighted by Gasteiger charge is -1.93. The summed E-state index contributed by atoms with van der Waals surface area (Å²) in [7, 11) is 0. The van der Waals surface area contributed by atoms with Crippen molar-refractivity contribution in [3.8, 4) is 0 Å². The van der Waals surface area contributed by atoms with Crippen LogP contribution < -0.4 is 0 Å². The van der Waals surface area contributed by atoms with Gasteiger partial charge in [-0.2, -0.15) is 0 Å². The summed E-state index contributed by atoms with van der Waals surface area (Å²) in [5.74, 6) is 1.84. The summed E-state index contributed by atoms with van der Waals surface area (Å²) in [6.07, 6.45) is 1.85. The van der Waals surface area contributed by atoms with Gasteiger partial charge in [-0.1, -0.05) is 17.8 Å². The predicted octanol–water partition coefficient (Wildman–Crippen LogP) is 1.88. The van der Waals surface area contributed by atoms with E-state index in [9.17, 15) is 0 Å². The molecule has 12 heavy (non-hydrogen) atoms. The van der Waals surface area contributed by atoms with Crippen LogP contribution in [0, 0.1) is 6.92 Å². The molecule has 0 fully saturated rings. The van der Waals surface area contributed by atoms with E-state index in [0.29, 0.717) is 0 Å². The number of hydrogen-bond acceptors (Lipinski definition) is 3. The van der Waals surface area contributed by atoms with E-state index in [1.807, 2.05) is 17.7 Å². The minimum absolute atomic E-state index is 0.842. The summed E-state index contributed by atoms with van der Waals surface area (Å²) in [5, 5.41) is 5.13. The van der Waals surface area contributed by atoms with E-state index in [4.69, 9.17) is 0 Å². The number of hydrogen-bond donors (Lipinski definition) is 0. The fourth-order valence-electron chi connectivity index (χ4n) is 0.888. The molecule has 0 radical (unpaired) electrons. The second-order valence-corrected chi connectivity index (χ2v) is 3.34. The maximum atomic E-state index is 4.29. The molecule has 0 aliphatic carbocycles. The Labute approximate surface area is 76.9 Å². The van der Waals surface area contributed by atoms with Gasteiger partial charge in [-0.15, -0.1) is 11.7 Å². The molecule has 0 aliphatic heterocycles. The average Bonchev–Trinajstić information content (AvgIpc) is 2.43. The minimum atomic E-state index is 0.842. The van der Waals surface area contributed by atoms with Gasteiger partial charge in [-0.3, -0.25) is 0 Å². The normalized spacial score (nSPS) is 10.2. The van der Waals surface area contributed by atoms with E-state index in [0.717, 1.165) is 23.3 Å². The first kappa shape index (κ1) is 9.32. The highest BCUT2D eigenvalue weighted by molar-refractivity contribution is 7.99. The molecule has 1 aromatic rings. The third kappa shape index (κ3) is 2.11. The third-order valence-electron chi connectivity index (χ3n) is 1.47. The van der Waals surface area contributed by atoms with Crippen LogP contribution in [0.25, 0.3) is 0 Å². The first-order chi connectivity index (χ1) is 5.77. The van der Waals surface area contributed by atoms with Crippen LogP contribution in [0.5, 0.6) is 0 Å². The molecule has 0 aromatic carbocycles. The third-order valence-corrected chi connectivity index (χ3v) is 2.30. The standard InChI is InChI=1S/C8H13N3S/c1-4-6-12-8-9-7(3)11(5-2)10-8/h4H,1,5-6H2,2-3H3. The van der Waals surface area contributed by atoms with E-state index in [2.05, 4.69) is 23.6 Å². The predicted molar refractivity (Wildman–Crippen MR) is 51.4 cm³/mol. The molecule has 0 atom stereocenters. The number of aryl methyl sites for hydroxylation is 2. The molecular formula is C8H13N3S. The molecular weight excluding hydrogens is 170 g/mol. The molecule has 1 aromatic heterocycles. The smallest absolute Gasteiger partial charge is 0.208 e. The molecule has 0 bridgehead atoms. The second-order valence-electron chi connectivity index (χ2n) is 2.36. The van der Waals surface area contributed by atoms with E-state index in [-0.39, 0.29) is 0 Å². The van der Waals surface area contributed by atoms with Crippen LogP contribution in [-0.2, 0) is 6.54 Å². The van der Waals surface area contributed by atoms with Gasteiger partial charge < -0.3 is 0 Å². The second kappa shape index (κ2) is 4.30. The van der Waals surface area contributed by atoms with Gasteiger partial charge >= 0.3 is 0 Å². The lowest BCUT2D eigenvalue weighted by atomic mass is 10.6. The molecule has 0 saturated carbocycles. The molecule has 0 unspecified atom stereocenters. The van der Waals surface area contributed by atoms with E-state index in [1.165, 1.54) is 0 Å². The summed E-state index contributed by atoms with van der Waals surface area (Å²) >= 11 is 1.61. The Hall–Kier alpha value is -0.770. The molecule has 1 heterocycles. The van der Waals surface area contributed by atoms with Crippen molar-refractivity contribution in [3.63, 3.8) is 0 Å². The summed E-state index contributed by atoms with van der Waals surface area (Å²) in [6.45, 7) is 8.55. The van der Waals surface area contributed by atoms with Crippen LogP contribution in [0.2, 0.25) is 0 Å². The van der Waals surface area contributed by atoms with E-state index >= 15 is 0 Å². The van der Waals surface area contributed by atoms with Crippen LogP contribution in [0.4, 0.5) is 0 Å². The van der Waals surface area contributed by atoms with Gasteiger partial charge in [0.1, 0.15) is 5.82 Å². The van der Waals surface area contributed by atoms with Gasteiger partial charge in [0.25, 0.3) is 0 Å². The van der Waals surface area contributed by atoms with Gasteiger partial charge in [0.15, 0.2) is 0 Å². The van der Waals surface area contributed by atoms with Crippen molar-refractivity contribution < 1.29 is 0 Å². The van der Waals surface area contributed by atoms with Gasteiger partial charge in [0.05, 0.1) is 0 Å². The van der Waals surface area contributed by atoms with Gasteiger partial charge in [0, 0.05) is 12.3 Å². The molecule has 1 rings (SSSR count). The largest absolute Gasteiger partial charge is 0.249 e. The monoisotopic (exact) mass is 183 g/mol. The van der Waals surface area contributed by atoms with Gasteiger partial charge in [-0.05, 0) is 13.8 Å². The Morgan fingerprint density at radius 3 is 2.92 bits per heavy atom. The Morgan fingerprint density at radius 1 is 1.67 bits per heavy atom. The van der Waals surface area contributed by atoms with Crippen LogP contribution in [0.1, 0.15) is 12.7 Å². The highest BCUT2D eigenvalue weighted by Gasteiger charge is 2.02. The Kier molecular flexibility index (Phi) is 3.34. The van der Waals surface area contributed by atoms with E-state index < -0.39 is 0 Å². The molecule has 0 aliphatic rings. The summed E-state index contributed by atoms with van der Waals surface area (Å²) in [5.41, 5.74) is 0. The first-order valence-electron chi connectivity index (χ1n) is 3.93. The molecule has 0 amide bonds. The Balaban J connectivity index is 2.68. The van der Waals surface area contributed by atoms with Crippen molar-refractivity contribution in [1.82, 2.24) is 14.8 Å². The summed E-state index contributed by atoms with van der Waals surface area (Å²) in [4.78, 5) is 4.29. The average molecular weight is 183 g/mol. The fraction of sp³-hybridized carbons (Fsp3) is 0.500. The molecule has 0 saturated heterocycles. The van der Waals surface area contributed by atoms with Crippen LogP contribution >= 0.6 is 11.8 Å². The van der Waals surface area contributed by atoms with Crippen LogP contribution in [0.3, 0.4) is 0 Å². The van der Waals surface area contributed by atoms with Gasteiger partial charge in [-0.25, -0.2) is 9.67 Å². The van der Waals surface area contributed by atoms with Gasteiger partial charge in [0.2, 0.25) is 5.16 Å². The lowest BCUT2D eigenvalue weighted by molar-refractivity contribution is 0.623. The Bertz CT molecular complexity index is 267. The van der Waals surface area contributed by atoms with Crippen molar-refractivity contribution in [2.75, 3.05) is 5.75 Å². The number of rotatable bonds is 4. The highest BCUT2D eigenvalue weighted by atomic mass is 32.2. The molecule has 66 valence electrons. The molecule has 0 spiro atoms. The topological polar surface area (TPSA) is 30.7 Å². The molecule has 3 nitrogen and oxygen atoms in total. The van der Waals surface area contributed by atoms with Crippen molar-refractivity contribution in [2.45, 2.75) is 25.5 Å². The highest BCUT2D eigenvalue weighted by Crippen LogP contribution is 2.12. The molecule has 4 heteroatoms. The fourth-order valence-corrected chi connectivity index (χ4v) is 1.51. The van der Waals surface area contributed by atoms with E-state index in [1.54, 1.807) is 11.8 Å². The zero-order chi connectivity index (χ0) is 8.97.